The molecule has 2 aromatic rings. The first-order chi connectivity index (χ1) is 21.3. The van der Waals surface area contributed by atoms with Crippen molar-refractivity contribution in [2.45, 2.75) is 98.2 Å². The predicted octanol–water partition coefficient (Wildman–Crippen LogP) is 3.91. The van der Waals surface area contributed by atoms with E-state index >= 15 is 0 Å². The fourth-order valence-electron chi connectivity index (χ4n) is 7.65. The van der Waals surface area contributed by atoms with Crippen molar-refractivity contribution in [3.8, 4) is 0 Å². The number of nitrogens with two attached hydrogens (primary N) is 2. The summed E-state index contributed by atoms with van der Waals surface area (Å²) in [6, 6.07) is 12.4. The van der Waals surface area contributed by atoms with Gasteiger partial charge >= 0.3 is 7.12 Å². The summed E-state index contributed by atoms with van der Waals surface area (Å²) in [7, 11) is -1.18. The molecule has 2 aromatic carbocycles. The standard InChI is InChI=1S/C34H53BN6O4/c1-7-34(6)27-19-25(33(27,4)5)20-28(34)45-35(44)29(17-21(2)3)40-31(43)26(13-10-16-38-32(36)41-37)39-30(42)24-15-14-22-11-8-9-12-23(22)18-24/h8-9,11-12,14-15,18,21,25-29,44H,7,10,13,16-17,19-20,37H2,1-6H3,(H,39,42)(H,40,43)(H3,36,38,41)/t25-,26-,27-,28+,29-,34-/m0/s1. The molecule has 0 radical (unpaired) electrons. The minimum Gasteiger partial charge on any atom is -0.426 e. The van der Waals surface area contributed by atoms with E-state index in [-0.39, 0.29) is 40.6 Å². The monoisotopic (exact) mass is 620 g/mol. The number of benzene rings is 2. The van der Waals surface area contributed by atoms with Gasteiger partial charge in [-0.1, -0.05) is 71.9 Å². The Labute approximate surface area is 268 Å². The molecule has 3 saturated carbocycles. The molecule has 0 aromatic heterocycles. The predicted molar refractivity (Wildman–Crippen MR) is 181 cm³/mol. The van der Waals surface area contributed by atoms with Crippen LogP contribution in [0.25, 0.3) is 10.8 Å². The Morgan fingerprint density at radius 3 is 2.47 bits per heavy atom. The first kappa shape index (κ1) is 34.7. The van der Waals surface area contributed by atoms with E-state index in [4.69, 9.17) is 16.2 Å². The van der Waals surface area contributed by atoms with Gasteiger partial charge in [0.15, 0.2) is 0 Å². The number of hydrogen-bond donors (Lipinski definition) is 6. The number of nitrogens with zero attached hydrogens (tertiary/aromatic N) is 1. The van der Waals surface area contributed by atoms with Crippen LogP contribution in [-0.2, 0) is 9.45 Å². The number of carbonyl (C=O) groups is 2. The Bertz CT molecular complexity index is 1370. The number of hydrogen-bond acceptors (Lipinski definition) is 6. The Balaban J connectivity index is 1.49. The van der Waals surface area contributed by atoms with Crippen LogP contribution in [-0.4, -0.2) is 54.5 Å². The molecule has 6 atom stereocenters. The SMILES string of the molecule is CC[C@]1(C)[C@H](OB(O)[C@H](CC(C)C)NC(=O)[C@H](CCCN=C(N)NN)NC(=O)c2ccc3ccccc3c2)C[C@@H]2C[C@H]1C2(C)C. The second kappa shape index (κ2) is 14.5. The third kappa shape index (κ3) is 7.81. The molecule has 3 fully saturated rings. The highest BCUT2D eigenvalue weighted by atomic mass is 16.5. The van der Waals surface area contributed by atoms with Gasteiger partial charge in [0.2, 0.25) is 11.9 Å². The number of fused-ring (bicyclic) bond motifs is 3. The summed E-state index contributed by atoms with van der Waals surface area (Å²) in [5.74, 6) is 5.32. The van der Waals surface area contributed by atoms with E-state index in [1.54, 1.807) is 6.07 Å². The van der Waals surface area contributed by atoms with Gasteiger partial charge in [0, 0.05) is 18.2 Å². The number of carbonyl (C=O) groups excluding carboxylic acids is 2. The number of nitrogens with one attached hydrogen (secondary N) is 3. The topological polar surface area (TPSA) is 164 Å². The molecule has 3 aliphatic rings. The van der Waals surface area contributed by atoms with Crippen molar-refractivity contribution in [1.82, 2.24) is 16.1 Å². The van der Waals surface area contributed by atoms with Crippen LogP contribution in [0.4, 0.5) is 0 Å². The van der Waals surface area contributed by atoms with Gasteiger partial charge in [-0.25, -0.2) is 5.84 Å². The zero-order valence-electron chi connectivity index (χ0n) is 27.8. The van der Waals surface area contributed by atoms with Crippen molar-refractivity contribution in [1.29, 1.82) is 0 Å². The quantitative estimate of drug-likeness (QED) is 0.0466. The van der Waals surface area contributed by atoms with E-state index in [0.717, 1.165) is 23.6 Å². The highest BCUT2D eigenvalue weighted by Gasteiger charge is 2.63. The summed E-state index contributed by atoms with van der Waals surface area (Å²) in [6.07, 6.45) is 4.28. The van der Waals surface area contributed by atoms with Crippen molar-refractivity contribution < 1.29 is 19.3 Å². The molecular weight excluding hydrogens is 567 g/mol. The second-order valence-electron chi connectivity index (χ2n) is 14.3. The van der Waals surface area contributed by atoms with Crippen molar-refractivity contribution in [2.75, 3.05) is 6.54 Å². The maximum atomic E-state index is 13.8. The Morgan fingerprint density at radius 2 is 1.82 bits per heavy atom. The molecule has 2 amide bonds. The zero-order valence-corrected chi connectivity index (χ0v) is 27.8. The van der Waals surface area contributed by atoms with Crippen LogP contribution in [0.5, 0.6) is 0 Å². The molecule has 0 unspecified atom stereocenters. The Kier molecular flexibility index (Phi) is 11.2. The molecule has 45 heavy (non-hydrogen) atoms. The summed E-state index contributed by atoms with van der Waals surface area (Å²) in [5.41, 5.74) is 8.62. The molecule has 2 bridgehead atoms. The molecule has 5 rings (SSSR count). The average Bonchev–Trinajstić information content (AvgIpc) is 3.01. The van der Waals surface area contributed by atoms with Crippen LogP contribution in [0, 0.1) is 28.6 Å². The van der Waals surface area contributed by atoms with Gasteiger partial charge in [-0.2, -0.15) is 0 Å². The van der Waals surface area contributed by atoms with Crippen molar-refractivity contribution >= 4 is 35.7 Å². The van der Waals surface area contributed by atoms with E-state index in [0.29, 0.717) is 43.2 Å². The van der Waals surface area contributed by atoms with E-state index in [1.807, 2.05) is 50.2 Å². The molecule has 3 aliphatic carbocycles. The van der Waals surface area contributed by atoms with Gasteiger partial charge in [-0.15, -0.1) is 0 Å². The third-order valence-electron chi connectivity index (χ3n) is 10.7. The molecule has 0 heterocycles. The normalized spacial score (nSPS) is 25.3. The largest absolute Gasteiger partial charge is 0.478 e. The highest BCUT2D eigenvalue weighted by Crippen LogP contribution is 2.67. The number of guanidine groups is 1. The summed E-state index contributed by atoms with van der Waals surface area (Å²) in [5, 5.41) is 19.4. The fraction of sp³-hybridized carbons (Fsp3) is 0.618. The minimum atomic E-state index is -1.18. The van der Waals surface area contributed by atoms with Gasteiger partial charge in [0.25, 0.3) is 5.91 Å². The van der Waals surface area contributed by atoms with Crippen LogP contribution < -0.4 is 27.6 Å². The van der Waals surface area contributed by atoms with Crippen LogP contribution in [0.3, 0.4) is 0 Å². The van der Waals surface area contributed by atoms with Crippen molar-refractivity contribution in [3.05, 3.63) is 48.0 Å². The third-order valence-corrected chi connectivity index (χ3v) is 10.7. The lowest BCUT2D eigenvalue weighted by Crippen LogP contribution is -2.64. The van der Waals surface area contributed by atoms with Crippen LogP contribution in [0.2, 0.25) is 0 Å². The van der Waals surface area contributed by atoms with Crippen molar-refractivity contribution in [3.63, 3.8) is 0 Å². The van der Waals surface area contributed by atoms with Crippen molar-refractivity contribution in [2.24, 2.45) is 45.2 Å². The van der Waals surface area contributed by atoms with E-state index in [9.17, 15) is 14.6 Å². The summed E-state index contributed by atoms with van der Waals surface area (Å²) >= 11 is 0. The first-order valence-corrected chi connectivity index (χ1v) is 16.5. The lowest BCUT2D eigenvalue weighted by Gasteiger charge is -2.67. The summed E-state index contributed by atoms with van der Waals surface area (Å²) in [4.78, 5) is 31.4. The zero-order chi connectivity index (χ0) is 32.9. The van der Waals surface area contributed by atoms with Crippen LogP contribution >= 0.6 is 0 Å². The summed E-state index contributed by atoms with van der Waals surface area (Å²) in [6.45, 7) is 13.6. The van der Waals surface area contributed by atoms with E-state index in [2.05, 4.69) is 48.7 Å². The van der Waals surface area contributed by atoms with E-state index < -0.39 is 19.1 Å². The lowest BCUT2D eigenvalue weighted by molar-refractivity contribution is -0.205. The maximum absolute atomic E-state index is 13.8. The average molecular weight is 621 g/mol. The number of amides is 2. The summed E-state index contributed by atoms with van der Waals surface area (Å²) < 4.78 is 6.47. The maximum Gasteiger partial charge on any atom is 0.478 e. The highest BCUT2D eigenvalue weighted by molar-refractivity contribution is 6.45. The smallest absolute Gasteiger partial charge is 0.426 e. The molecule has 246 valence electrons. The molecule has 0 aliphatic heterocycles. The van der Waals surface area contributed by atoms with Gasteiger partial charge in [-0.05, 0) is 90.0 Å². The Hall–Kier alpha value is -3.15. The van der Waals surface area contributed by atoms with Crippen LogP contribution in [0.15, 0.2) is 47.5 Å². The molecule has 0 spiro atoms. The minimum absolute atomic E-state index is 0.0528. The molecule has 8 N–H and O–H groups in total. The molecule has 10 nitrogen and oxygen atoms in total. The molecule has 0 saturated heterocycles. The fourth-order valence-corrected chi connectivity index (χ4v) is 7.65. The van der Waals surface area contributed by atoms with Gasteiger partial charge in [0.05, 0.1) is 5.94 Å². The number of hydrazine groups is 1. The molecule has 11 heteroatoms. The number of aliphatic imine (C=N–C) groups is 1. The Morgan fingerprint density at radius 1 is 1.11 bits per heavy atom. The van der Waals surface area contributed by atoms with Gasteiger partial charge < -0.3 is 26.0 Å². The van der Waals surface area contributed by atoms with Crippen LogP contribution in [0.1, 0.15) is 90.4 Å². The van der Waals surface area contributed by atoms with Gasteiger partial charge in [-0.3, -0.25) is 20.0 Å². The second-order valence-corrected chi connectivity index (χ2v) is 14.3. The molecular formula is C34H53BN6O4. The van der Waals surface area contributed by atoms with E-state index in [1.165, 1.54) is 6.42 Å². The first-order valence-electron chi connectivity index (χ1n) is 16.5. The number of rotatable bonds is 14. The lowest BCUT2D eigenvalue weighted by atomic mass is 9.39. The van der Waals surface area contributed by atoms with Gasteiger partial charge in [0.1, 0.15) is 6.04 Å².